The smallest absolute Gasteiger partial charge is 0.341 e. The molecule has 0 spiro atoms. The molecule has 0 fully saturated rings. The van der Waals surface area contributed by atoms with Crippen LogP contribution < -0.4 is 5.32 Å². The summed E-state index contributed by atoms with van der Waals surface area (Å²) in [5, 5.41) is 14.2. The number of amides is 1. The van der Waals surface area contributed by atoms with Gasteiger partial charge in [0.15, 0.2) is 0 Å². The number of ether oxygens (including phenoxy) is 1. The first-order valence-electron chi connectivity index (χ1n) is 7.78. The number of rotatable bonds is 5. The van der Waals surface area contributed by atoms with E-state index >= 15 is 0 Å². The number of carboxylic acid groups (broad SMARTS) is 1. The number of esters is 1. The quantitative estimate of drug-likeness (QED) is 0.627. The normalized spacial score (nSPS) is 20.6. The van der Waals surface area contributed by atoms with Crippen molar-refractivity contribution in [2.24, 2.45) is 11.8 Å². The summed E-state index contributed by atoms with van der Waals surface area (Å²) in [6, 6.07) is 1.59. The van der Waals surface area contributed by atoms with Crippen molar-refractivity contribution in [3.05, 3.63) is 28.2 Å². The highest BCUT2D eigenvalue weighted by atomic mass is 32.1. The van der Waals surface area contributed by atoms with Gasteiger partial charge in [0.2, 0.25) is 5.91 Å². The zero-order valence-corrected chi connectivity index (χ0v) is 14.7. The Bertz CT molecular complexity index is 691. The molecule has 1 aliphatic carbocycles. The van der Waals surface area contributed by atoms with Crippen LogP contribution in [0.3, 0.4) is 0 Å². The minimum atomic E-state index is -0.973. The van der Waals surface area contributed by atoms with Crippen LogP contribution in [0.1, 0.15) is 44.0 Å². The van der Waals surface area contributed by atoms with E-state index in [9.17, 15) is 19.5 Å². The van der Waals surface area contributed by atoms with Gasteiger partial charge in [-0.1, -0.05) is 11.1 Å². The Morgan fingerprint density at radius 1 is 1.25 bits per heavy atom. The fraction of sp³-hybridized carbons (Fsp3) is 0.471. The van der Waals surface area contributed by atoms with Crippen molar-refractivity contribution < 1.29 is 24.2 Å². The zero-order chi connectivity index (χ0) is 17.9. The number of hydrogen-bond donors (Lipinski definition) is 2. The summed E-state index contributed by atoms with van der Waals surface area (Å²) in [4.78, 5) is 36.0. The van der Waals surface area contributed by atoms with Gasteiger partial charge in [0, 0.05) is 0 Å². The summed E-state index contributed by atoms with van der Waals surface area (Å²) in [5.41, 5.74) is 2.36. The molecule has 2 atom stereocenters. The molecule has 1 heterocycles. The first-order chi connectivity index (χ1) is 11.3. The molecule has 1 aromatic heterocycles. The van der Waals surface area contributed by atoms with Crippen LogP contribution in [0.25, 0.3) is 0 Å². The van der Waals surface area contributed by atoms with Gasteiger partial charge in [0.25, 0.3) is 0 Å². The van der Waals surface area contributed by atoms with E-state index in [0.717, 1.165) is 11.1 Å². The molecule has 1 aromatic rings. The number of anilines is 1. The van der Waals surface area contributed by atoms with E-state index in [0.29, 0.717) is 23.4 Å². The lowest BCUT2D eigenvalue weighted by Gasteiger charge is -2.29. The molecular formula is C17H21NO5S. The molecule has 0 saturated heterocycles. The lowest BCUT2D eigenvalue weighted by molar-refractivity contribution is -0.146. The Labute approximate surface area is 144 Å². The topological polar surface area (TPSA) is 92.7 Å². The van der Waals surface area contributed by atoms with Gasteiger partial charge in [0.05, 0.1) is 24.0 Å². The van der Waals surface area contributed by atoms with E-state index in [1.165, 1.54) is 11.3 Å². The molecule has 0 bridgehead atoms. The Hall–Kier alpha value is -2.15. The third-order valence-electron chi connectivity index (χ3n) is 4.32. The molecule has 0 saturated carbocycles. The second kappa shape index (κ2) is 7.61. The standard InChI is InChI=1S/C17H21NO5S/c1-4-23-17(22)11-5-6-24-15(11)18-14(19)12-7-9(2)10(3)8-13(12)16(20)21/h5-6,12-13H,4,7-8H2,1-3H3,(H,18,19)(H,20,21)/t12-,13-/m1/s1. The minimum absolute atomic E-state index is 0.245. The van der Waals surface area contributed by atoms with E-state index in [2.05, 4.69) is 5.32 Å². The third-order valence-corrected chi connectivity index (χ3v) is 5.15. The maximum absolute atomic E-state index is 12.6. The number of nitrogens with one attached hydrogen (secondary N) is 1. The molecule has 0 unspecified atom stereocenters. The van der Waals surface area contributed by atoms with Gasteiger partial charge in [-0.05, 0) is 45.1 Å². The Morgan fingerprint density at radius 2 is 1.88 bits per heavy atom. The first kappa shape index (κ1) is 18.2. The van der Waals surface area contributed by atoms with E-state index in [1.54, 1.807) is 18.4 Å². The molecule has 2 N–H and O–H groups in total. The Balaban J connectivity index is 2.19. The predicted molar refractivity (Wildman–Crippen MR) is 91.1 cm³/mol. The highest BCUT2D eigenvalue weighted by molar-refractivity contribution is 7.14. The van der Waals surface area contributed by atoms with Gasteiger partial charge < -0.3 is 15.2 Å². The van der Waals surface area contributed by atoms with Gasteiger partial charge in [-0.3, -0.25) is 9.59 Å². The first-order valence-corrected chi connectivity index (χ1v) is 8.66. The monoisotopic (exact) mass is 351 g/mol. The summed E-state index contributed by atoms with van der Waals surface area (Å²) >= 11 is 1.21. The molecule has 7 heteroatoms. The molecule has 24 heavy (non-hydrogen) atoms. The van der Waals surface area contributed by atoms with Gasteiger partial charge in [-0.2, -0.15) is 0 Å². The largest absolute Gasteiger partial charge is 0.481 e. The molecular weight excluding hydrogens is 330 g/mol. The number of aliphatic carboxylic acids is 1. The van der Waals surface area contributed by atoms with Crippen LogP contribution in [0.2, 0.25) is 0 Å². The average Bonchev–Trinajstić information content (AvgIpc) is 2.97. The van der Waals surface area contributed by atoms with Crippen LogP contribution in [-0.2, 0) is 14.3 Å². The lowest BCUT2D eigenvalue weighted by Crippen LogP contribution is -2.36. The van der Waals surface area contributed by atoms with Crippen molar-refractivity contribution >= 4 is 34.2 Å². The molecule has 6 nitrogen and oxygen atoms in total. The number of hydrogen-bond acceptors (Lipinski definition) is 5. The Morgan fingerprint density at radius 3 is 2.46 bits per heavy atom. The molecule has 1 aliphatic rings. The number of carbonyl (C=O) groups is 3. The summed E-state index contributed by atoms with van der Waals surface area (Å²) in [6.45, 7) is 5.77. The van der Waals surface area contributed by atoms with E-state index in [-0.39, 0.29) is 12.5 Å². The predicted octanol–water partition coefficient (Wildman–Crippen LogP) is 3.31. The second-order valence-corrected chi connectivity index (χ2v) is 6.81. The fourth-order valence-corrected chi connectivity index (χ4v) is 3.59. The number of carboxylic acids is 1. The summed E-state index contributed by atoms with van der Waals surface area (Å²) in [6.07, 6.45) is 0.781. The molecule has 130 valence electrons. The van der Waals surface area contributed by atoms with E-state index in [1.807, 2.05) is 13.8 Å². The Kier molecular flexibility index (Phi) is 5.77. The summed E-state index contributed by atoms with van der Waals surface area (Å²) < 4.78 is 4.96. The van der Waals surface area contributed by atoms with Gasteiger partial charge in [-0.25, -0.2) is 4.79 Å². The highest BCUT2D eigenvalue weighted by Crippen LogP contribution is 2.35. The summed E-state index contributed by atoms with van der Waals surface area (Å²) in [7, 11) is 0. The van der Waals surface area contributed by atoms with Crippen molar-refractivity contribution in [3.63, 3.8) is 0 Å². The zero-order valence-electron chi connectivity index (χ0n) is 13.9. The van der Waals surface area contributed by atoms with Crippen LogP contribution in [0.15, 0.2) is 22.6 Å². The van der Waals surface area contributed by atoms with Crippen molar-refractivity contribution in [3.8, 4) is 0 Å². The van der Waals surface area contributed by atoms with Crippen molar-refractivity contribution in [2.75, 3.05) is 11.9 Å². The average molecular weight is 351 g/mol. The van der Waals surface area contributed by atoms with Gasteiger partial charge in [0.1, 0.15) is 5.00 Å². The number of carbonyl (C=O) groups excluding carboxylic acids is 2. The third kappa shape index (κ3) is 3.84. The van der Waals surface area contributed by atoms with Crippen LogP contribution in [0.5, 0.6) is 0 Å². The SMILES string of the molecule is CCOC(=O)c1ccsc1NC(=O)[C@@H]1CC(C)=C(C)C[C@H]1C(=O)O. The van der Waals surface area contributed by atoms with Gasteiger partial charge >= 0.3 is 11.9 Å². The van der Waals surface area contributed by atoms with Crippen molar-refractivity contribution in [1.29, 1.82) is 0 Å². The van der Waals surface area contributed by atoms with Crippen molar-refractivity contribution in [2.45, 2.75) is 33.6 Å². The molecule has 0 aliphatic heterocycles. The maximum Gasteiger partial charge on any atom is 0.341 e. The maximum atomic E-state index is 12.6. The fourth-order valence-electron chi connectivity index (χ4n) is 2.81. The molecule has 0 radical (unpaired) electrons. The van der Waals surface area contributed by atoms with E-state index < -0.39 is 23.8 Å². The van der Waals surface area contributed by atoms with Crippen LogP contribution >= 0.6 is 11.3 Å². The van der Waals surface area contributed by atoms with Crippen LogP contribution in [0, 0.1) is 11.8 Å². The number of thiophene rings is 1. The van der Waals surface area contributed by atoms with Gasteiger partial charge in [-0.15, -0.1) is 11.3 Å². The van der Waals surface area contributed by atoms with Crippen molar-refractivity contribution in [1.82, 2.24) is 0 Å². The molecule has 1 amide bonds. The minimum Gasteiger partial charge on any atom is -0.481 e. The number of allylic oxidation sites excluding steroid dienone is 2. The second-order valence-electron chi connectivity index (χ2n) is 5.89. The summed E-state index contributed by atoms with van der Waals surface area (Å²) in [5.74, 6) is -3.25. The van der Waals surface area contributed by atoms with Crippen LogP contribution in [-0.4, -0.2) is 29.6 Å². The van der Waals surface area contributed by atoms with E-state index in [4.69, 9.17) is 4.74 Å². The molecule has 0 aromatic carbocycles. The molecule has 2 rings (SSSR count). The van der Waals surface area contributed by atoms with Crippen LogP contribution in [0.4, 0.5) is 5.00 Å². The lowest BCUT2D eigenvalue weighted by atomic mass is 9.76. The highest BCUT2D eigenvalue weighted by Gasteiger charge is 2.37.